The molecule has 0 unspecified atom stereocenters. The van der Waals surface area contributed by atoms with E-state index in [1.54, 1.807) is 0 Å². The number of rotatable bonds is 5. The molecule has 0 spiro atoms. The number of aromatic nitrogens is 1. The quantitative estimate of drug-likeness (QED) is 0.463. The molecule has 0 radical (unpaired) electrons. The van der Waals surface area contributed by atoms with E-state index in [2.05, 4.69) is 35.0 Å². The molecular weight excluding hydrogens is 353 g/mol. The van der Waals surface area contributed by atoms with E-state index in [0.717, 1.165) is 38.2 Å². The molecule has 0 saturated carbocycles. The molecule has 0 bridgehead atoms. The van der Waals surface area contributed by atoms with Crippen molar-refractivity contribution in [1.29, 1.82) is 0 Å². The van der Waals surface area contributed by atoms with Gasteiger partial charge in [0.05, 0.1) is 12.8 Å². The van der Waals surface area contributed by atoms with Crippen molar-refractivity contribution in [2.45, 2.75) is 20.4 Å². The Labute approximate surface area is 157 Å². The molecule has 3 aromatic rings. The first-order valence-electron chi connectivity index (χ1n) is 8.00. The molecule has 0 amide bonds. The van der Waals surface area contributed by atoms with Crippen LogP contribution in [-0.4, -0.2) is 10.8 Å². The average Bonchev–Trinajstić information content (AvgIpc) is 2.87. The molecular formula is C20H19Cl2N3. The van der Waals surface area contributed by atoms with E-state index in [9.17, 15) is 0 Å². The van der Waals surface area contributed by atoms with E-state index in [4.69, 9.17) is 23.2 Å². The molecule has 0 atom stereocenters. The molecule has 5 heteroatoms. The Hall–Kier alpha value is -2.23. The zero-order valence-corrected chi connectivity index (χ0v) is 15.6. The lowest BCUT2D eigenvalue weighted by molar-refractivity contribution is 0.748. The summed E-state index contributed by atoms with van der Waals surface area (Å²) < 4.78 is 2.17. The van der Waals surface area contributed by atoms with Gasteiger partial charge in [-0.05, 0) is 55.8 Å². The summed E-state index contributed by atoms with van der Waals surface area (Å²) in [5.41, 5.74) is 8.58. The smallest absolute Gasteiger partial charge is 0.0580 e. The predicted octanol–water partition coefficient (Wildman–Crippen LogP) is 5.52. The van der Waals surface area contributed by atoms with Crippen molar-refractivity contribution in [2.24, 2.45) is 5.10 Å². The maximum atomic E-state index is 6.12. The van der Waals surface area contributed by atoms with Crippen molar-refractivity contribution < 1.29 is 0 Å². The minimum Gasteiger partial charge on any atom is -0.318 e. The molecule has 128 valence electrons. The van der Waals surface area contributed by atoms with Crippen molar-refractivity contribution >= 4 is 29.4 Å². The number of nitrogens with one attached hydrogen (secondary N) is 1. The molecule has 3 rings (SSSR count). The maximum Gasteiger partial charge on any atom is 0.0580 e. The van der Waals surface area contributed by atoms with Gasteiger partial charge >= 0.3 is 0 Å². The van der Waals surface area contributed by atoms with Gasteiger partial charge in [0, 0.05) is 32.7 Å². The van der Waals surface area contributed by atoms with Crippen LogP contribution in [0.25, 0.3) is 5.69 Å². The molecule has 25 heavy (non-hydrogen) atoms. The largest absolute Gasteiger partial charge is 0.318 e. The molecule has 1 heterocycles. The first-order valence-corrected chi connectivity index (χ1v) is 8.75. The van der Waals surface area contributed by atoms with E-state index < -0.39 is 0 Å². The van der Waals surface area contributed by atoms with Crippen molar-refractivity contribution in [3.63, 3.8) is 0 Å². The van der Waals surface area contributed by atoms with Gasteiger partial charge in [0.15, 0.2) is 0 Å². The molecule has 0 aliphatic carbocycles. The predicted molar refractivity (Wildman–Crippen MR) is 106 cm³/mol. The third-order valence-corrected chi connectivity index (χ3v) is 4.52. The van der Waals surface area contributed by atoms with Crippen LogP contribution >= 0.6 is 23.2 Å². The lowest BCUT2D eigenvalue weighted by atomic mass is 10.2. The summed E-state index contributed by atoms with van der Waals surface area (Å²) in [5, 5.41) is 5.80. The van der Waals surface area contributed by atoms with Crippen LogP contribution in [0.4, 0.5) is 0 Å². The van der Waals surface area contributed by atoms with Gasteiger partial charge in [-0.25, -0.2) is 0 Å². The summed E-state index contributed by atoms with van der Waals surface area (Å²) >= 11 is 12.0. The number of nitrogens with zero attached hydrogens (tertiary/aromatic N) is 2. The summed E-state index contributed by atoms with van der Waals surface area (Å²) in [6, 6.07) is 17.7. The van der Waals surface area contributed by atoms with Crippen molar-refractivity contribution in [2.75, 3.05) is 0 Å². The van der Waals surface area contributed by atoms with Crippen LogP contribution in [0.3, 0.4) is 0 Å². The van der Waals surface area contributed by atoms with E-state index >= 15 is 0 Å². The zero-order valence-electron chi connectivity index (χ0n) is 14.1. The highest BCUT2D eigenvalue weighted by Gasteiger charge is 2.09. The van der Waals surface area contributed by atoms with Gasteiger partial charge < -0.3 is 9.99 Å². The number of halogens is 2. The lowest BCUT2D eigenvalue weighted by Gasteiger charge is -2.09. The minimum atomic E-state index is 0.653. The normalized spacial score (nSPS) is 11.2. The second-order valence-electron chi connectivity index (χ2n) is 5.86. The number of hydrogen-bond acceptors (Lipinski definition) is 2. The Balaban J connectivity index is 1.73. The fraction of sp³-hybridized carbons (Fsp3) is 0.150. The fourth-order valence-corrected chi connectivity index (χ4v) is 3.10. The van der Waals surface area contributed by atoms with Gasteiger partial charge in [-0.15, -0.1) is 0 Å². The second-order valence-corrected chi connectivity index (χ2v) is 6.73. The van der Waals surface area contributed by atoms with Gasteiger partial charge in [0.2, 0.25) is 0 Å². The summed E-state index contributed by atoms with van der Waals surface area (Å²) in [5.74, 6) is 0. The van der Waals surface area contributed by atoms with E-state index in [1.807, 2.05) is 54.7 Å². The Kier molecular flexibility index (Phi) is 5.47. The van der Waals surface area contributed by atoms with Crippen LogP contribution < -0.4 is 5.43 Å². The molecule has 0 aliphatic heterocycles. The molecule has 0 saturated heterocycles. The van der Waals surface area contributed by atoms with Crippen LogP contribution in [0.2, 0.25) is 10.0 Å². The van der Waals surface area contributed by atoms with E-state index in [1.165, 1.54) is 0 Å². The maximum absolute atomic E-state index is 6.12. The summed E-state index contributed by atoms with van der Waals surface area (Å²) in [6.45, 7) is 4.81. The van der Waals surface area contributed by atoms with Gasteiger partial charge in [0.1, 0.15) is 0 Å². The Morgan fingerprint density at radius 3 is 2.48 bits per heavy atom. The number of hydrogen-bond donors (Lipinski definition) is 1. The topological polar surface area (TPSA) is 29.3 Å². The fourth-order valence-electron chi connectivity index (χ4n) is 2.79. The molecule has 3 nitrogen and oxygen atoms in total. The van der Waals surface area contributed by atoms with Crippen molar-refractivity contribution in [1.82, 2.24) is 9.99 Å². The van der Waals surface area contributed by atoms with E-state index in [0.29, 0.717) is 6.54 Å². The highest BCUT2D eigenvalue weighted by atomic mass is 35.5. The highest BCUT2D eigenvalue weighted by Crippen LogP contribution is 2.22. The SMILES string of the molecule is Cc1cc(/C=N\NCc2ccc(Cl)cc2)c(C)n1-c1cccc(Cl)c1. The average molecular weight is 372 g/mol. The number of aryl methyl sites for hydroxylation is 1. The summed E-state index contributed by atoms with van der Waals surface area (Å²) in [4.78, 5) is 0. The van der Waals surface area contributed by atoms with Crippen molar-refractivity contribution in [3.8, 4) is 5.69 Å². The molecule has 1 aromatic heterocycles. The molecule has 0 fully saturated rings. The third-order valence-electron chi connectivity index (χ3n) is 4.03. The van der Waals surface area contributed by atoms with Crippen LogP contribution in [0.5, 0.6) is 0 Å². The summed E-state index contributed by atoms with van der Waals surface area (Å²) in [7, 11) is 0. The Morgan fingerprint density at radius 2 is 1.76 bits per heavy atom. The Bertz CT molecular complexity index is 896. The van der Waals surface area contributed by atoms with Gasteiger partial charge in [-0.2, -0.15) is 5.10 Å². The van der Waals surface area contributed by atoms with E-state index in [-0.39, 0.29) is 0 Å². The molecule has 0 aliphatic rings. The lowest BCUT2D eigenvalue weighted by Crippen LogP contribution is -2.05. The van der Waals surface area contributed by atoms with Crippen LogP contribution in [0, 0.1) is 13.8 Å². The zero-order chi connectivity index (χ0) is 17.8. The monoisotopic (exact) mass is 371 g/mol. The van der Waals surface area contributed by atoms with Crippen LogP contribution in [0.1, 0.15) is 22.5 Å². The first-order chi connectivity index (χ1) is 12.0. The van der Waals surface area contributed by atoms with Gasteiger partial charge in [-0.3, -0.25) is 0 Å². The number of benzene rings is 2. The first kappa shape index (κ1) is 17.6. The summed E-state index contributed by atoms with van der Waals surface area (Å²) in [6.07, 6.45) is 1.85. The molecule has 2 aromatic carbocycles. The van der Waals surface area contributed by atoms with Crippen LogP contribution in [0.15, 0.2) is 59.7 Å². The van der Waals surface area contributed by atoms with Gasteiger partial charge in [0.25, 0.3) is 0 Å². The minimum absolute atomic E-state index is 0.653. The van der Waals surface area contributed by atoms with Crippen molar-refractivity contribution in [3.05, 3.63) is 87.2 Å². The number of hydrazone groups is 1. The van der Waals surface area contributed by atoms with Crippen LogP contribution in [-0.2, 0) is 6.54 Å². The van der Waals surface area contributed by atoms with Gasteiger partial charge in [-0.1, -0.05) is 41.4 Å². The highest BCUT2D eigenvalue weighted by molar-refractivity contribution is 6.30. The Morgan fingerprint density at radius 1 is 1.00 bits per heavy atom. The third kappa shape index (κ3) is 4.25. The second kappa shape index (κ2) is 7.77. The molecule has 1 N–H and O–H groups in total. The standard InChI is InChI=1S/C20H19Cl2N3/c1-14-10-17(13-24-23-12-16-6-8-18(21)9-7-16)15(2)25(14)20-5-3-4-19(22)11-20/h3-11,13,23H,12H2,1-2H3/b24-13-.